The first-order valence-electron chi connectivity index (χ1n) is 13.4. The minimum absolute atomic E-state index is 0.0370. The number of esters is 1. The van der Waals surface area contributed by atoms with Crippen LogP contribution in [0.5, 0.6) is 0 Å². The number of hydrogen-bond acceptors (Lipinski definition) is 9. The van der Waals surface area contributed by atoms with Crippen molar-refractivity contribution in [2.24, 2.45) is 34.8 Å². The number of epoxide rings is 1. The van der Waals surface area contributed by atoms with Gasteiger partial charge in [-0.15, -0.1) is 11.3 Å². The lowest BCUT2D eigenvalue weighted by molar-refractivity contribution is -0.154. The van der Waals surface area contributed by atoms with Gasteiger partial charge in [-0.1, -0.05) is 27.7 Å². The molecule has 1 aromatic heterocycles. The molecule has 1 aromatic rings. The third-order valence-corrected chi connectivity index (χ3v) is 9.87. The second-order valence-corrected chi connectivity index (χ2v) is 13.1. The minimum Gasteiger partial charge on any atom is -0.458 e. The number of ether oxygens (including phenoxy) is 2. The van der Waals surface area contributed by atoms with Gasteiger partial charge in [-0.3, -0.25) is 9.59 Å². The monoisotopic (exact) mass is 534 g/mol. The molecule has 4 unspecified atom stereocenters. The molecule has 0 spiro atoms. The first-order valence-corrected chi connectivity index (χ1v) is 14.2. The van der Waals surface area contributed by atoms with E-state index in [9.17, 15) is 19.8 Å². The van der Waals surface area contributed by atoms with Crippen LogP contribution in [0, 0.1) is 29.1 Å². The van der Waals surface area contributed by atoms with Crippen molar-refractivity contribution in [3.05, 3.63) is 21.7 Å². The number of aromatic nitrogens is 1. The lowest BCUT2D eigenvalue weighted by Gasteiger charge is -2.34. The zero-order chi connectivity index (χ0) is 27.3. The van der Waals surface area contributed by atoms with Gasteiger partial charge < -0.3 is 25.4 Å². The fourth-order valence-electron chi connectivity index (χ4n) is 6.01. The summed E-state index contributed by atoms with van der Waals surface area (Å²) in [5.41, 5.74) is 5.78. The summed E-state index contributed by atoms with van der Waals surface area (Å²) < 4.78 is 12.1. The van der Waals surface area contributed by atoms with Crippen LogP contribution in [0.15, 0.2) is 11.0 Å². The zero-order valence-corrected chi connectivity index (χ0v) is 23.6. The molecule has 0 amide bonds. The fraction of sp³-hybridized carbons (Fsp3) is 0.750. The number of cyclic esters (lactones) is 1. The summed E-state index contributed by atoms with van der Waals surface area (Å²) in [7, 11) is 0. The van der Waals surface area contributed by atoms with Crippen LogP contribution in [-0.4, -0.2) is 57.0 Å². The van der Waals surface area contributed by atoms with Crippen molar-refractivity contribution in [2.75, 3.05) is 0 Å². The van der Waals surface area contributed by atoms with E-state index in [1.165, 1.54) is 11.3 Å². The largest absolute Gasteiger partial charge is 0.458 e. The lowest BCUT2D eigenvalue weighted by Crippen LogP contribution is -2.46. The van der Waals surface area contributed by atoms with Crippen LogP contribution in [0.3, 0.4) is 0 Å². The smallest absolute Gasteiger partial charge is 0.309 e. The molecule has 9 heteroatoms. The summed E-state index contributed by atoms with van der Waals surface area (Å²) in [5, 5.41) is 24.7. The third kappa shape index (κ3) is 6.01. The summed E-state index contributed by atoms with van der Waals surface area (Å²) in [6.07, 6.45) is 1.32. The molecular weight excluding hydrogens is 492 g/mol. The highest BCUT2D eigenvalue weighted by atomic mass is 32.1. The molecule has 2 aliphatic heterocycles. The summed E-state index contributed by atoms with van der Waals surface area (Å²) in [5.74, 6) is -0.753. The first kappa shape index (κ1) is 28.4. The number of aliphatic hydroxyl groups excluding tert-OH is 2. The van der Waals surface area contributed by atoms with Gasteiger partial charge in [0.2, 0.25) is 0 Å². The van der Waals surface area contributed by atoms with Crippen LogP contribution in [0.25, 0.3) is 6.08 Å². The topological polar surface area (TPSA) is 135 Å². The quantitative estimate of drug-likeness (QED) is 0.396. The van der Waals surface area contributed by atoms with Crippen LogP contribution in [-0.2, 0) is 25.6 Å². The van der Waals surface area contributed by atoms with Gasteiger partial charge >= 0.3 is 5.97 Å². The number of carbonyl (C=O) groups is 2. The molecule has 4 rings (SSSR count). The number of Topliss-reactive ketones (excluding diaryl/α,β-unsaturated/α-hetero) is 1. The van der Waals surface area contributed by atoms with E-state index in [-0.39, 0.29) is 29.8 Å². The molecule has 0 bridgehead atoms. The Kier molecular flexibility index (Phi) is 8.04. The van der Waals surface area contributed by atoms with Crippen molar-refractivity contribution in [1.29, 1.82) is 0 Å². The lowest BCUT2D eigenvalue weighted by atomic mass is 9.72. The maximum Gasteiger partial charge on any atom is 0.309 e. The molecule has 2 saturated heterocycles. The molecule has 8 nitrogen and oxygen atoms in total. The van der Waals surface area contributed by atoms with Gasteiger partial charge in [-0.25, -0.2) is 4.98 Å². The van der Waals surface area contributed by atoms with Gasteiger partial charge in [0.25, 0.3) is 0 Å². The van der Waals surface area contributed by atoms with Crippen molar-refractivity contribution in [3.63, 3.8) is 0 Å². The van der Waals surface area contributed by atoms with Crippen LogP contribution in [0.2, 0.25) is 0 Å². The Hall–Kier alpha value is -1.65. The predicted molar refractivity (Wildman–Crippen MR) is 141 cm³/mol. The summed E-state index contributed by atoms with van der Waals surface area (Å²) >= 11 is 1.48. The Labute approximate surface area is 223 Å². The van der Waals surface area contributed by atoms with Gasteiger partial charge in [0.1, 0.15) is 16.9 Å². The average molecular weight is 535 g/mol. The van der Waals surface area contributed by atoms with Crippen molar-refractivity contribution in [3.8, 4) is 0 Å². The number of thiazole rings is 1. The minimum atomic E-state index is -1.24. The Morgan fingerprint density at radius 1 is 1.24 bits per heavy atom. The number of hydrogen-bond donors (Lipinski definition) is 3. The molecule has 206 valence electrons. The number of aliphatic hydroxyl groups is 2. The number of ketones is 1. The Morgan fingerprint density at radius 3 is 2.59 bits per heavy atom. The maximum atomic E-state index is 13.3. The van der Waals surface area contributed by atoms with Crippen molar-refractivity contribution >= 4 is 29.2 Å². The van der Waals surface area contributed by atoms with E-state index in [0.717, 1.165) is 29.1 Å². The maximum absolute atomic E-state index is 13.3. The molecule has 0 radical (unpaired) electrons. The predicted octanol–water partition coefficient (Wildman–Crippen LogP) is 3.48. The fourth-order valence-corrected chi connectivity index (χ4v) is 6.64. The molecule has 3 fully saturated rings. The highest BCUT2D eigenvalue weighted by Gasteiger charge is 2.58. The number of rotatable bonds is 3. The summed E-state index contributed by atoms with van der Waals surface area (Å²) in [6, 6.07) is 0. The van der Waals surface area contributed by atoms with E-state index < -0.39 is 35.6 Å². The van der Waals surface area contributed by atoms with E-state index in [2.05, 4.69) is 11.9 Å². The molecule has 1 aliphatic carbocycles. The van der Waals surface area contributed by atoms with Gasteiger partial charge in [0.05, 0.1) is 41.4 Å². The van der Waals surface area contributed by atoms with E-state index in [4.69, 9.17) is 15.2 Å². The molecule has 9 atom stereocenters. The van der Waals surface area contributed by atoms with Gasteiger partial charge in [-0.05, 0) is 56.1 Å². The second kappa shape index (κ2) is 10.5. The van der Waals surface area contributed by atoms with E-state index in [0.29, 0.717) is 24.8 Å². The van der Waals surface area contributed by atoms with Crippen LogP contribution in [0.4, 0.5) is 0 Å². The number of nitrogens with zero attached hydrogens (tertiary/aromatic N) is 1. The van der Waals surface area contributed by atoms with Gasteiger partial charge in [0, 0.05) is 24.3 Å². The molecule has 1 saturated carbocycles. The molecule has 3 heterocycles. The van der Waals surface area contributed by atoms with Gasteiger partial charge in [0.15, 0.2) is 0 Å². The van der Waals surface area contributed by atoms with E-state index in [1.807, 2.05) is 25.3 Å². The highest BCUT2D eigenvalue weighted by molar-refractivity contribution is 7.09. The van der Waals surface area contributed by atoms with Gasteiger partial charge in [-0.2, -0.15) is 0 Å². The SMILES string of the molecule is C/C(=C\c1csc(CN)n1)[C@@H]1CC2OC2(C)CC2CC2[C@H](C)[C@H](O)[C@@H](C)C(=O)C(C)(C)[C@@H](O)CC(=O)O1. The van der Waals surface area contributed by atoms with Crippen molar-refractivity contribution < 1.29 is 29.3 Å². The first-order chi connectivity index (χ1) is 17.3. The van der Waals surface area contributed by atoms with Crippen LogP contribution >= 0.6 is 11.3 Å². The van der Waals surface area contributed by atoms with Crippen LogP contribution < -0.4 is 5.73 Å². The Morgan fingerprint density at radius 2 is 1.95 bits per heavy atom. The molecule has 3 aliphatic rings. The Balaban J connectivity index is 1.59. The standard InChI is InChI=1S/C28H42N2O6S/c1-14(7-18-13-37-23(12-29)30-18)20-9-22-28(6,36-22)11-17-8-19(17)15(2)25(33)16(3)26(34)27(4,5)21(31)10-24(32)35-20/h7,13,15-17,19-22,25,31,33H,8-12,29H2,1-6H3/b14-7+/t15-,16+,17?,19?,20-,21-,22?,25-,28?/m0/s1. The van der Waals surface area contributed by atoms with Crippen molar-refractivity contribution in [2.45, 2.75) is 104 Å². The normalized spacial score (nSPS) is 40.9. The Bertz CT molecular complexity index is 1050. The van der Waals surface area contributed by atoms with E-state index >= 15 is 0 Å². The number of carbonyl (C=O) groups excluding carboxylic acids is 2. The molecule has 37 heavy (non-hydrogen) atoms. The van der Waals surface area contributed by atoms with Crippen LogP contribution in [0.1, 0.15) is 77.9 Å². The van der Waals surface area contributed by atoms with Crippen molar-refractivity contribution in [1.82, 2.24) is 4.98 Å². The molecular formula is C28H42N2O6S. The highest BCUT2D eigenvalue weighted by Crippen LogP contribution is 2.56. The average Bonchev–Trinajstić information content (AvgIpc) is 3.68. The molecule has 0 aromatic carbocycles. The number of fused-ring (bicyclic) bond motifs is 2. The summed E-state index contributed by atoms with van der Waals surface area (Å²) in [6.45, 7) is 11.4. The zero-order valence-electron chi connectivity index (χ0n) is 22.8. The van der Waals surface area contributed by atoms with E-state index in [1.54, 1.807) is 20.8 Å². The number of nitrogens with two attached hydrogens (primary N) is 1. The summed E-state index contributed by atoms with van der Waals surface area (Å²) in [4.78, 5) is 30.9. The third-order valence-electron chi connectivity index (χ3n) is 8.98. The molecule has 4 N–H and O–H groups in total. The second-order valence-electron chi connectivity index (χ2n) is 12.2.